The van der Waals surface area contributed by atoms with E-state index in [0.717, 1.165) is 11.3 Å². The number of carbonyl (C=O) groups excluding carboxylic acids is 1. The molecule has 5 N–H and O–H groups in total. The molecule has 1 fully saturated rings. The number of halogens is 2. The largest absolute Gasteiger partial charge is 0.393 e. The molecule has 0 saturated heterocycles. The Morgan fingerprint density at radius 1 is 1.33 bits per heavy atom. The van der Waals surface area contributed by atoms with Crippen molar-refractivity contribution in [2.24, 2.45) is 11.1 Å². The zero-order valence-electron chi connectivity index (χ0n) is 18.4. The monoisotopic (exact) mass is 573 g/mol. The van der Waals surface area contributed by atoms with Crippen molar-refractivity contribution in [3.8, 4) is 0 Å². The number of aliphatic hydroxyl groups excluding tert-OH is 2. The highest BCUT2D eigenvalue weighted by Gasteiger charge is 2.35. The van der Waals surface area contributed by atoms with Crippen LogP contribution in [0.4, 0.5) is 5.82 Å². The van der Waals surface area contributed by atoms with E-state index in [1.54, 1.807) is 18.2 Å². The van der Waals surface area contributed by atoms with Crippen molar-refractivity contribution >= 4 is 56.4 Å². The van der Waals surface area contributed by atoms with Crippen LogP contribution in [0.25, 0.3) is 0 Å². The Morgan fingerprint density at radius 3 is 2.83 bits per heavy atom. The molecular weight excluding hydrogens is 553 g/mol. The number of thiophene rings is 1. The fourth-order valence-corrected chi connectivity index (χ4v) is 5.75. The summed E-state index contributed by atoms with van der Waals surface area (Å²) >= 11 is 13.2. The van der Waals surface area contributed by atoms with E-state index < -0.39 is 34.2 Å². The van der Waals surface area contributed by atoms with Crippen LogP contribution in [0.3, 0.4) is 0 Å². The van der Waals surface area contributed by atoms with Gasteiger partial charge in [-0.2, -0.15) is 8.42 Å². The molecule has 1 saturated carbocycles. The van der Waals surface area contributed by atoms with Gasteiger partial charge in [-0.05, 0) is 31.0 Å². The minimum atomic E-state index is -4.12. The van der Waals surface area contributed by atoms with Gasteiger partial charge in [0.15, 0.2) is 0 Å². The standard InChI is InChI=1S/C21H21Cl2N5O6S2/c22-17-3-1-2-14(28-17)18(30)12-6-16(35-20(12)23)19(31)13-7-25-9-26-21(13)27-11-4-10(15(29)5-11)8-34-36(24,32)33/h1-3,6-7,9-11,15,18,29-30H,4-5,8H2,(H2,24,32,33)(H,25,26,27)/t10-,11-,15+,18-/m1/s1. The van der Waals surface area contributed by atoms with Gasteiger partial charge in [0.1, 0.15) is 23.4 Å². The highest BCUT2D eigenvalue weighted by Crippen LogP contribution is 2.37. The third-order valence-electron chi connectivity index (χ3n) is 5.65. The van der Waals surface area contributed by atoms with Crippen LogP contribution in [-0.2, 0) is 14.5 Å². The number of carbonyl (C=O) groups is 1. The first kappa shape index (κ1) is 26.8. The van der Waals surface area contributed by atoms with E-state index in [2.05, 4.69) is 24.5 Å². The number of anilines is 1. The van der Waals surface area contributed by atoms with Gasteiger partial charge < -0.3 is 15.5 Å². The van der Waals surface area contributed by atoms with Crippen LogP contribution in [0.1, 0.15) is 45.4 Å². The lowest BCUT2D eigenvalue weighted by Gasteiger charge is -2.15. The quantitative estimate of drug-likeness (QED) is 0.219. The fourth-order valence-electron chi connectivity index (χ4n) is 3.94. The molecule has 0 aliphatic heterocycles. The summed E-state index contributed by atoms with van der Waals surface area (Å²) in [4.78, 5) is 25.8. The lowest BCUT2D eigenvalue weighted by molar-refractivity contribution is 0.101. The maximum absolute atomic E-state index is 13.3. The minimum absolute atomic E-state index is 0.163. The number of ketones is 1. The van der Waals surface area contributed by atoms with Crippen molar-refractivity contribution < 1.29 is 27.6 Å². The molecule has 11 nitrogen and oxygen atoms in total. The molecule has 0 spiro atoms. The zero-order valence-corrected chi connectivity index (χ0v) is 21.6. The molecule has 1 aliphatic rings. The molecule has 0 amide bonds. The highest BCUT2D eigenvalue weighted by atomic mass is 35.5. The number of hydrogen-bond acceptors (Lipinski definition) is 11. The number of nitrogens with one attached hydrogen (secondary N) is 1. The van der Waals surface area contributed by atoms with Gasteiger partial charge in [0.25, 0.3) is 0 Å². The van der Waals surface area contributed by atoms with Crippen LogP contribution in [0, 0.1) is 5.92 Å². The molecular formula is C21H21Cl2N5O6S2. The highest BCUT2D eigenvalue weighted by molar-refractivity contribution is 7.84. The van der Waals surface area contributed by atoms with E-state index in [4.69, 9.17) is 28.3 Å². The Kier molecular flexibility index (Phi) is 8.22. The summed E-state index contributed by atoms with van der Waals surface area (Å²) in [5, 5.41) is 29.2. The first-order chi connectivity index (χ1) is 17.0. The molecule has 1 aliphatic carbocycles. The molecule has 36 heavy (non-hydrogen) atoms. The van der Waals surface area contributed by atoms with Gasteiger partial charge in [-0.1, -0.05) is 29.3 Å². The summed E-state index contributed by atoms with van der Waals surface area (Å²) in [7, 11) is -4.12. The Hall–Kier alpha value is -2.23. The lowest BCUT2D eigenvalue weighted by Crippen LogP contribution is -2.24. The third-order valence-corrected chi connectivity index (χ3v) is 7.71. The van der Waals surface area contributed by atoms with Gasteiger partial charge in [-0.15, -0.1) is 11.3 Å². The Balaban J connectivity index is 1.51. The van der Waals surface area contributed by atoms with Crippen LogP contribution in [-0.4, -0.2) is 58.1 Å². The first-order valence-corrected chi connectivity index (χ1v) is 13.6. The topological polar surface area (TPSA) is 178 Å². The van der Waals surface area contributed by atoms with Crippen LogP contribution in [0.2, 0.25) is 9.49 Å². The van der Waals surface area contributed by atoms with Crippen LogP contribution >= 0.6 is 34.5 Å². The molecule has 4 rings (SSSR count). The van der Waals surface area contributed by atoms with Crippen LogP contribution in [0.15, 0.2) is 36.8 Å². The summed E-state index contributed by atoms with van der Waals surface area (Å²) in [5.41, 5.74) is 0.756. The van der Waals surface area contributed by atoms with Gasteiger partial charge in [-0.3, -0.25) is 8.98 Å². The van der Waals surface area contributed by atoms with Crippen molar-refractivity contribution in [3.05, 3.63) is 68.0 Å². The number of hydrogen-bond donors (Lipinski definition) is 4. The van der Waals surface area contributed by atoms with Gasteiger partial charge in [-0.25, -0.2) is 20.1 Å². The Bertz CT molecular complexity index is 1370. The molecule has 0 unspecified atom stereocenters. The summed E-state index contributed by atoms with van der Waals surface area (Å²) in [6, 6.07) is 5.99. The van der Waals surface area contributed by atoms with E-state index in [1.807, 2.05) is 0 Å². The van der Waals surface area contributed by atoms with Gasteiger partial charge in [0, 0.05) is 23.7 Å². The number of nitrogens with two attached hydrogens (primary N) is 1. The minimum Gasteiger partial charge on any atom is -0.393 e. The van der Waals surface area contributed by atoms with Crippen molar-refractivity contribution in [2.75, 3.05) is 11.9 Å². The molecule has 3 heterocycles. The summed E-state index contributed by atoms with van der Waals surface area (Å²) in [6.07, 6.45) is 1.26. The predicted molar refractivity (Wildman–Crippen MR) is 133 cm³/mol. The number of aromatic nitrogens is 3. The number of pyridine rings is 1. The fraction of sp³-hybridized carbons (Fsp3) is 0.333. The Labute approximate surface area is 220 Å². The van der Waals surface area contributed by atoms with Gasteiger partial charge in [0.05, 0.1) is 33.2 Å². The number of rotatable bonds is 9. The summed E-state index contributed by atoms with van der Waals surface area (Å²) in [5.74, 6) is -0.652. The number of aliphatic hydroxyl groups is 2. The average Bonchev–Trinajstić information content (AvgIpc) is 3.38. The molecule has 0 bridgehead atoms. The normalized spacial score (nSPS) is 20.9. The second-order valence-electron chi connectivity index (χ2n) is 8.16. The van der Waals surface area contributed by atoms with Crippen LogP contribution < -0.4 is 10.5 Å². The van der Waals surface area contributed by atoms with Crippen molar-refractivity contribution in [1.29, 1.82) is 0 Å². The van der Waals surface area contributed by atoms with Crippen molar-refractivity contribution in [2.45, 2.75) is 31.1 Å². The predicted octanol–water partition coefficient (Wildman–Crippen LogP) is 2.32. The van der Waals surface area contributed by atoms with E-state index in [9.17, 15) is 23.4 Å². The second-order valence-corrected chi connectivity index (χ2v) is 11.4. The van der Waals surface area contributed by atoms with E-state index >= 15 is 0 Å². The summed E-state index contributed by atoms with van der Waals surface area (Å²) < 4.78 is 26.9. The zero-order chi connectivity index (χ0) is 26.0. The van der Waals surface area contributed by atoms with E-state index in [0.29, 0.717) is 12.0 Å². The van der Waals surface area contributed by atoms with Gasteiger partial charge >= 0.3 is 10.3 Å². The van der Waals surface area contributed by atoms with E-state index in [-0.39, 0.29) is 50.5 Å². The van der Waals surface area contributed by atoms with Crippen molar-refractivity contribution in [3.63, 3.8) is 0 Å². The molecule has 0 radical (unpaired) electrons. The Morgan fingerprint density at radius 2 is 2.11 bits per heavy atom. The van der Waals surface area contributed by atoms with Gasteiger partial charge in [0.2, 0.25) is 5.78 Å². The maximum atomic E-state index is 13.3. The van der Waals surface area contributed by atoms with E-state index in [1.165, 1.54) is 18.6 Å². The third kappa shape index (κ3) is 6.36. The average molecular weight is 574 g/mol. The lowest BCUT2D eigenvalue weighted by atomic mass is 10.1. The molecule has 3 aromatic rings. The van der Waals surface area contributed by atoms with Crippen LogP contribution in [0.5, 0.6) is 0 Å². The molecule has 0 aromatic carbocycles. The number of nitrogens with zero attached hydrogens (tertiary/aromatic N) is 3. The maximum Gasteiger partial charge on any atom is 0.333 e. The van der Waals surface area contributed by atoms with Crippen molar-refractivity contribution in [1.82, 2.24) is 15.0 Å². The molecule has 192 valence electrons. The smallest absolute Gasteiger partial charge is 0.333 e. The molecule has 4 atom stereocenters. The first-order valence-electron chi connectivity index (χ1n) is 10.6. The SMILES string of the molecule is NS(=O)(=O)OC[C@H]1C[C@@H](Nc2ncncc2C(=O)c2cc([C@@H](O)c3cccc(Cl)n3)c(Cl)s2)C[C@@H]1O. The molecule has 15 heteroatoms. The summed E-state index contributed by atoms with van der Waals surface area (Å²) in [6.45, 7) is -0.256. The molecule has 3 aromatic heterocycles. The second kappa shape index (κ2) is 11.0.